The van der Waals surface area contributed by atoms with E-state index in [1.54, 1.807) is 11.2 Å². The molecule has 0 unspecified atom stereocenters. The lowest BCUT2D eigenvalue weighted by molar-refractivity contribution is 0.151. The summed E-state index contributed by atoms with van der Waals surface area (Å²) in [6, 6.07) is 1.49. The first kappa shape index (κ1) is 10.8. The number of nitrogens with zero attached hydrogens (tertiary/aromatic N) is 2. The van der Waals surface area contributed by atoms with Gasteiger partial charge in [-0.15, -0.1) is 0 Å². The molecule has 0 saturated carbocycles. The predicted octanol–water partition coefficient (Wildman–Crippen LogP) is 2.27. The van der Waals surface area contributed by atoms with Gasteiger partial charge in [0.1, 0.15) is 0 Å². The molecule has 1 aromatic rings. The Kier molecular flexibility index (Phi) is 3.19. The number of pyridine rings is 1. The van der Waals surface area contributed by atoms with Gasteiger partial charge in [-0.3, -0.25) is 5.84 Å². The van der Waals surface area contributed by atoms with Crippen molar-refractivity contribution >= 4 is 11.6 Å². The summed E-state index contributed by atoms with van der Waals surface area (Å²) in [5, 5.41) is 1.66. The van der Waals surface area contributed by atoms with Crippen LogP contribution in [0.4, 0.5) is 4.39 Å². The molecule has 2 N–H and O–H groups in total. The van der Waals surface area contributed by atoms with E-state index in [9.17, 15) is 4.39 Å². The molecule has 0 aromatic carbocycles. The van der Waals surface area contributed by atoms with E-state index >= 15 is 0 Å². The fourth-order valence-electron chi connectivity index (χ4n) is 1.93. The van der Waals surface area contributed by atoms with Crippen molar-refractivity contribution < 1.29 is 4.39 Å². The minimum Gasteiger partial charge on any atom is -0.268 e. The normalized spacial score (nSPS) is 23.0. The van der Waals surface area contributed by atoms with Crippen molar-refractivity contribution in [1.29, 1.82) is 0 Å². The van der Waals surface area contributed by atoms with Crippen molar-refractivity contribution in [3.05, 3.63) is 28.8 Å². The monoisotopic (exact) mass is 229 g/mol. The van der Waals surface area contributed by atoms with Gasteiger partial charge in [-0.2, -0.15) is 0 Å². The highest BCUT2D eigenvalue weighted by molar-refractivity contribution is 6.29. The molecule has 3 nitrogen and oxygen atoms in total. The maximum atomic E-state index is 13.2. The lowest BCUT2D eigenvalue weighted by Crippen LogP contribution is -2.38. The molecule has 1 aliphatic rings. The second-order valence-electron chi connectivity index (χ2n) is 3.79. The molecule has 1 aromatic heterocycles. The smallest absolute Gasteiger partial charge is 0.164 e. The zero-order chi connectivity index (χ0) is 10.8. The van der Waals surface area contributed by atoms with Gasteiger partial charge in [-0.25, -0.2) is 14.4 Å². The van der Waals surface area contributed by atoms with Crippen LogP contribution < -0.4 is 5.84 Å². The van der Waals surface area contributed by atoms with Crippen LogP contribution in [-0.2, 0) is 0 Å². The Morgan fingerprint density at radius 1 is 1.53 bits per heavy atom. The van der Waals surface area contributed by atoms with Crippen LogP contribution in [0.15, 0.2) is 12.3 Å². The van der Waals surface area contributed by atoms with Gasteiger partial charge in [0.2, 0.25) is 0 Å². The first-order valence-corrected chi connectivity index (χ1v) is 5.38. The highest BCUT2D eigenvalue weighted by atomic mass is 35.5. The standard InChI is InChI=1S/C10H13ClFN3/c11-10-8(12)5-7(6-14-10)9-3-1-2-4-15(9)13/h5-6,9H,1-4,13H2/t9-/m0/s1. The Labute approximate surface area is 93.0 Å². The summed E-state index contributed by atoms with van der Waals surface area (Å²) in [6.45, 7) is 0.842. The first-order valence-electron chi connectivity index (χ1n) is 5.01. The van der Waals surface area contributed by atoms with E-state index in [4.69, 9.17) is 17.4 Å². The van der Waals surface area contributed by atoms with Crippen LogP contribution in [0.3, 0.4) is 0 Å². The maximum Gasteiger partial charge on any atom is 0.164 e. The predicted molar refractivity (Wildman–Crippen MR) is 56.7 cm³/mol. The molecule has 82 valence electrons. The average molecular weight is 230 g/mol. The Balaban J connectivity index is 2.24. The SMILES string of the molecule is NN1CCCC[C@H]1c1cnc(Cl)c(F)c1. The van der Waals surface area contributed by atoms with Crippen LogP contribution >= 0.6 is 11.6 Å². The Morgan fingerprint density at radius 3 is 3.00 bits per heavy atom. The fraction of sp³-hybridized carbons (Fsp3) is 0.500. The quantitative estimate of drug-likeness (QED) is 0.594. The van der Waals surface area contributed by atoms with Crippen molar-refractivity contribution in [3.63, 3.8) is 0 Å². The highest BCUT2D eigenvalue weighted by Crippen LogP contribution is 2.29. The molecule has 1 atom stereocenters. The number of halogens is 2. The van der Waals surface area contributed by atoms with Gasteiger partial charge >= 0.3 is 0 Å². The molecule has 5 heteroatoms. The second kappa shape index (κ2) is 4.43. The van der Waals surface area contributed by atoms with Crippen LogP contribution in [0.25, 0.3) is 0 Å². The van der Waals surface area contributed by atoms with Crippen molar-refractivity contribution in [2.45, 2.75) is 25.3 Å². The van der Waals surface area contributed by atoms with Crippen LogP contribution in [0.5, 0.6) is 0 Å². The summed E-state index contributed by atoms with van der Waals surface area (Å²) in [6.07, 6.45) is 4.75. The largest absolute Gasteiger partial charge is 0.268 e. The van der Waals surface area contributed by atoms with Crippen molar-refractivity contribution in [2.75, 3.05) is 6.54 Å². The Morgan fingerprint density at radius 2 is 2.33 bits per heavy atom. The van der Waals surface area contributed by atoms with Crippen molar-refractivity contribution in [3.8, 4) is 0 Å². The molecule has 0 radical (unpaired) electrons. The van der Waals surface area contributed by atoms with E-state index in [2.05, 4.69) is 4.98 Å². The molecule has 1 saturated heterocycles. The van der Waals surface area contributed by atoms with Gasteiger partial charge < -0.3 is 0 Å². The van der Waals surface area contributed by atoms with Gasteiger partial charge in [0, 0.05) is 12.7 Å². The molecule has 0 aliphatic carbocycles. The molecule has 1 fully saturated rings. The summed E-state index contributed by atoms with van der Waals surface area (Å²) in [4.78, 5) is 3.80. The molecule has 1 aliphatic heterocycles. The third-order valence-corrected chi connectivity index (χ3v) is 3.02. The van der Waals surface area contributed by atoms with E-state index in [0.717, 1.165) is 31.4 Å². The maximum absolute atomic E-state index is 13.2. The number of nitrogens with two attached hydrogens (primary N) is 1. The molecule has 2 heterocycles. The van der Waals surface area contributed by atoms with E-state index in [1.165, 1.54) is 6.07 Å². The number of hydrazine groups is 1. The van der Waals surface area contributed by atoms with Crippen molar-refractivity contribution in [2.24, 2.45) is 5.84 Å². The van der Waals surface area contributed by atoms with Crippen LogP contribution in [-0.4, -0.2) is 16.5 Å². The molecular formula is C10H13ClFN3. The lowest BCUT2D eigenvalue weighted by atomic mass is 9.98. The molecule has 0 amide bonds. The number of piperidine rings is 1. The summed E-state index contributed by atoms with van der Waals surface area (Å²) >= 11 is 5.52. The zero-order valence-corrected chi connectivity index (χ0v) is 9.04. The second-order valence-corrected chi connectivity index (χ2v) is 4.15. The summed E-state index contributed by atoms with van der Waals surface area (Å²) in [5.74, 6) is 5.37. The Hall–Kier alpha value is -0.710. The van der Waals surface area contributed by atoms with Gasteiger partial charge in [0.15, 0.2) is 11.0 Å². The van der Waals surface area contributed by atoms with Crippen LogP contribution in [0.1, 0.15) is 30.9 Å². The minimum absolute atomic E-state index is 0.0676. The Bertz CT molecular complexity index is 359. The summed E-state index contributed by atoms with van der Waals surface area (Å²) in [5.41, 5.74) is 0.805. The third-order valence-electron chi connectivity index (χ3n) is 2.75. The number of rotatable bonds is 1. The van der Waals surface area contributed by atoms with Gasteiger partial charge in [0.25, 0.3) is 0 Å². The average Bonchev–Trinajstić information content (AvgIpc) is 2.23. The first-order chi connectivity index (χ1) is 7.18. The van der Waals surface area contributed by atoms with E-state index in [0.29, 0.717) is 0 Å². The number of hydrogen-bond donors (Lipinski definition) is 1. The zero-order valence-electron chi connectivity index (χ0n) is 8.29. The van der Waals surface area contributed by atoms with E-state index in [-0.39, 0.29) is 11.2 Å². The van der Waals surface area contributed by atoms with E-state index in [1.807, 2.05) is 0 Å². The number of aromatic nitrogens is 1. The van der Waals surface area contributed by atoms with Gasteiger partial charge in [0.05, 0.1) is 6.04 Å². The topological polar surface area (TPSA) is 42.1 Å². The van der Waals surface area contributed by atoms with Crippen LogP contribution in [0.2, 0.25) is 5.15 Å². The highest BCUT2D eigenvalue weighted by Gasteiger charge is 2.22. The van der Waals surface area contributed by atoms with Crippen LogP contribution in [0, 0.1) is 5.82 Å². The molecule has 0 bridgehead atoms. The lowest BCUT2D eigenvalue weighted by Gasteiger charge is -2.31. The summed E-state index contributed by atoms with van der Waals surface area (Å²) < 4.78 is 13.2. The summed E-state index contributed by atoms with van der Waals surface area (Å²) in [7, 11) is 0. The minimum atomic E-state index is -0.479. The van der Waals surface area contributed by atoms with Gasteiger partial charge in [-0.05, 0) is 24.5 Å². The number of hydrogen-bond acceptors (Lipinski definition) is 3. The van der Waals surface area contributed by atoms with Gasteiger partial charge in [-0.1, -0.05) is 18.0 Å². The third kappa shape index (κ3) is 2.27. The molecule has 0 spiro atoms. The molecular weight excluding hydrogens is 217 g/mol. The molecule has 15 heavy (non-hydrogen) atoms. The fourth-order valence-corrected chi connectivity index (χ4v) is 2.03. The van der Waals surface area contributed by atoms with E-state index < -0.39 is 5.82 Å². The van der Waals surface area contributed by atoms with Crippen molar-refractivity contribution in [1.82, 2.24) is 9.99 Å². The molecule has 2 rings (SSSR count).